The summed E-state index contributed by atoms with van der Waals surface area (Å²) in [5.41, 5.74) is 1.09. The smallest absolute Gasteiger partial charge is 0.353 e. The lowest BCUT2D eigenvalue weighted by Gasteiger charge is -2.42. The van der Waals surface area contributed by atoms with Crippen molar-refractivity contribution in [1.29, 1.82) is 0 Å². The molecule has 0 saturated carbocycles. The quantitative estimate of drug-likeness (QED) is 0.537. The molecule has 3 rings (SSSR count). The van der Waals surface area contributed by atoms with Crippen LogP contribution in [0, 0.1) is 5.92 Å². The van der Waals surface area contributed by atoms with Crippen LogP contribution in [0.2, 0.25) is 0 Å². The Bertz CT molecular complexity index is 747. The largest absolute Gasteiger partial charge is 0.477 e. The summed E-state index contributed by atoms with van der Waals surface area (Å²) in [6, 6.07) is 9.50. The van der Waals surface area contributed by atoms with Crippen molar-refractivity contribution in [2.45, 2.75) is 32.2 Å². The van der Waals surface area contributed by atoms with Crippen LogP contribution in [-0.4, -0.2) is 46.1 Å². The minimum absolute atomic E-state index is 0.00577. The number of carboxylic acid groups (broad SMARTS) is 1. The van der Waals surface area contributed by atoms with Crippen molar-refractivity contribution < 1.29 is 19.5 Å². The lowest BCUT2D eigenvalue weighted by atomic mass is 9.85. The van der Waals surface area contributed by atoms with Gasteiger partial charge in [0.15, 0.2) is 0 Å². The molecule has 2 N–H and O–H groups in total. The van der Waals surface area contributed by atoms with Crippen molar-refractivity contribution >= 4 is 29.5 Å². The molecule has 138 valence electrons. The predicted octanol–water partition coefficient (Wildman–Crippen LogP) is 2.02. The van der Waals surface area contributed by atoms with Crippen LogP contribution in [0.5, 0.6) is 0 Å². The molecule has 2 aliphatic heterocycles. The van der Waals surface area contributed by atoms with Crippen LogP contribution >= 0.6 is 11.8 Å². The van der Waals surface area contributed by atoms with Crippen molar-refractivity contribution in [1.82, 2.24) is 10.2 Å². The van der Waals surface area contributed by atoms with Gasteiger partial charge >= 0.3 is 5.97 Å². The molecule has 26 heavy (non-hydrogen) atoms. The van der Waals surface area contributed by atoms with E-state index in [2.05, 4.69) is 5.32 Å². The van der Waals surface area contributed by atoms with E-state index in [1.165, 1.54) is 16.7 Å². The first-order chi connectivity index (χ1) is 12.5. The van der Waals surface area contributed by atoms with Gasteiger partial charge in [-0.25, -0.2) is 4.79 Å². The first kappa shape index (κ1) is 18.5. The predicted molar refractivity (Wildman–Crippen MR) is 99.3 cm³/mol. The number of nitrogens with one attached hydrogen (secondary N) is 1. The van der Waals surface area contributed by atoms with E-state index < -0.39 is 5.97 Å². The van der Waals surface area contributed by atoms with Crippen molar-refractivity contribution in [3.8, 4) is 0 Å². The van der Waals surface area contributed by atoms with Gasteiger partial charge in [0.05, 0.1) is 18.4 Å². The van der Waals surface area contributed by atoms with Crippen molar-refractivity contribution in [2.24, 2.45) is 5.92 Å². The van der Waals surface area contributed by atoms with Gasteiger partial charge in [-0.3, -0.25) is 9.59 Å². The fourth-order valence-electron chi connectivity index (χ4n) is 3.54. The molecule has 1 aromatic rings. The minimum atomic E-state index is -1.05. The number of nitrogens with zero attached hydrogens (tertiary/aromatic N) is 1. The molecular weight excluding hydrogens is 352 g/mol. The first-order valence-electron chi connectivity index (χ1n) is 8.75. The van der Waals surface area contributed by atoms with E-state index in [9.17, 15) is 19.5 Å². The highest BCUT2D eigenvalue weighted by Crippen LogP contribution is 2.46. The molecule has 0 aliphatic carbocycles. The van der Waals surface area contributed by atoms with Crippen LogP contribution in [0.25, 0.3) is 0 Å². The van der Waals surface area contributed by atoms with Gasteiger partial charge in [0.1, 0.15) is 5.70 Å². The van der Waals surface area contributed by atoms with E-state index in [1.807, 2.05) is 37.3 Å². The average molecular weight is 374 g/mol. The summed E-state index contributed by atoms with van der Waals surface area (Å²) in [4.78, 5) is 37.8. The van der Waals surface area contributed by atoms with Crippen LogP contribution in [0.3, 0.4) is 0 Å². The Morgan fingerprint density at radius 2 is 2.04 bits per heavy atom. The van der Waals surface area contributed by atoms with Gasteiger partial charge in [0, 0.05) is 23.6 Å². The molecule has 1 aromatic carbocycles. The van der Waals surface area contributed by atoms with Gasteiger partial charge in [-0.05, 0) is 12.0 Å². The molecule has 6 nitrogen and oxygen atoms in total. The van der Waals surface area contributed by atoms with E-state index in [4.69, 9.17) is 0 Å². The van der Waals surface area contributed by atoms with Crippen molar-refractivity contribution in [3.05, 3.63) is 46.5 Å². The number of hydrogen-bond acceptors (Lipinski definition) is 4. The van der Waals surface area contributed by atoms with Crippen molar-refractivity contribution in [3.63, 3.8) is 0 Å². The number of hydrogen-bond donors (Lipinski definition) is 2. The van der Waals surface area contributed by atoms with Crippen LogP contribution in [-0.2, 0) is 20.8 Å². The number of thioether (sulfide) groups is 1. The third-order valence-corrected chi connectivity index (χ3v) is 5.92. The molecule has 1 fully saturated rings. The number of carboxylic acids is 1. The van der Waals surface area contributed by atoms with E-state index in [0.29, 0.717) is 25.1 Å². The molecule has 7 heteroatoms. The Balaban J connectivity index is 1.49. The van der Waals surface area contributed by atoms with E-state index in [0.717, 1.165) is 16.9 Å². The summed E-state index contributed by atoms with van der Waals surface area (Å²) < 4.78 is 0. The van der Waals surface area contributed by atoms with Crippen LogP contribution in [0.1, 0.15) is 25.3 Å². The fraction of sp³-hybridized carbons (Fsp3) is 0.421. The van der Waals surface area contributed by atoms with Crippen molar-refractivity contribution in [2.75, 3.05) is 12.3 Å². The van der Waals surface area contributed by atoms with Gasteiger partial charge in [-0.15, -0.1) is 11.8 Å². The van der Waals surface area contributed by atoms with E-state index in [-0.39, 0.29) is 29.5 Å². The number of β-lactam (4-membered cyclic amide) rings is 1. The fourth-order valence-corrected chi connectivity index (χ4v) is 4.60. The molecule has 0 radical (unpaired) electrons. The first-order valence-corrected chi connectivity index (χ1v) is 9.74. The van der Waals surface area contributed by atoms with Gasteiger partial charge in [-0.2, -0.15) is 0 Å². The lowest BCUT2D eigenvalue weighted by Crippen LogP contribution is -2.58. The molecule has 0 unspecified atom stereocenters. The zero-order valence-corrected chi connectivity index (χ0v) is 15.4. The Labute approximate surface area is 156 Å². The second-order valence-electron chi connectivity index (χ2n) is 6.43. The van der Waals surface area contributed by atoms with Gasteiger partial charge in [-0.1, -0.05) is 37.3 Å². The Morgan fingerprint density at radius 3 is 2.69 bits per heavy atom. The van der Waals surface area contributed by atoms with Gasteiger partial charge < -0.3 is 15.3 Å². The van der Waals surface area contributed by atoms with Crippen LogP contribution in [0.4, 0.5) is 0 Å². The zero-order valence-electron chi connectivity index (χ0n) is 14.6. The Morgan fingerprint density at radius 1 is 1.31 bits per heavy atom. The minimum Gasteiger partial charge on any atom is -0.477 e. The zero-order chi connectivity index (χ0) is 18.7. The van der Waals surface area contributed by atoms with Gasteiger partial charge in [0.25, 0.3) is 0 Å². The molecule has 2 amide bonds. The highest BCUT2D eigenvalue weighted by atomic mass is 32.2. The average Bonchev–Trinajstić information content (AvgIpc) is 2.95. The number of rotatable bonds is 8. The summed E-state index contributed by atoms with van der Waals surface area (Å²) >= 11 is 1.42. The molecule has 2 aliphatic rings. The number of amides is 2. The maximum Gasteiger partial charge on any atom is 0.353 e. The maximum atomic E-state index is 12.1. The molecule has 0 spiro atoms. The lowest BCUT2D eigenvalue weighted by molar-refractivity contribution is -0.155. The molecule has 1 saturated heterocycles. The number of carbonyl (C=O) groups is 3. The normalized spacial score (nSPS) is 21.4. The summed E-state index contributed by atoms with van der Waals surface area (Å²) in [6.45, 7) is 2.41. The van der Waals surface area contributed by atoms with E-state index in [1.54, 1.807) is 0 Å². The standard InChI is InChI=1S/C19H22N2O4S/c1-2-13-14-11-15(17(19(24)25)21(14)18(13)23)26-9-8-20-16(22)10-12-6-4-3-5-7-12/h3-7,13-14H,2,8-11H2,1H3,(H,20,22)(H,24,25)/t13-,14-/m1/s1. The van der Waals surface area contributed by atoms with E-state index >= 15 is 0 Å². The topological polar surface area (TPSA) is 86.7 Å². The Kier molecular flexibility index (Phi) is 5.66. The summed E-state index contributed by atoms with van der Waals surface area (Å²) in [6.07, 6.45) is 1.67. The Hall–Kier alpha value is -2.28. The van der Waals surface area contributed by atoms with Crippen LogP contribution < -0.4 is 5.32 Å². The molecule has 2 heterocycles. The molecule has 0 aromatic heterocycles. The highest BCUT2D eigenvalue weighted by Gasteiger charge is 2.54. The summed E-state index contributed by atoms with van der Waals surface area (Å²) in [5, 5.41) is 12.3. The summed E-state index contributed by atoms with van der Waals surface area (Å²) in [5.74, 6) is -0.667. The summed E-state index contributed by atoms with van der Waals surface area (Å²) in [7, 11) is 0. The maximum absolute atomic E-state index is 12.1. The third-order valence-electron chi connectivity index (χ3n) is 4.80. The highest BCUT2D eigenvalue weighted by molar-refractivity contribution is 8.03. The van der Waals surface area contributed by atoms with Crippen LogP contribution in [0.15, 0.2) is 40.9 Å². The molecule has 0 bridgehead atoms. The number of fused-ring (bicyclic) bond motifs is 1. The molecule has 2 atom stereocenters. The number of aliphatic carboxylic acids is 1. The monoisotopic (exact) mass is 374 g/mol. The number of benzene rings is 1. The second-order valence-corrected chi connectivity index (χ2v) is 7.62. The second kappa shape index (κ2) is 7.95. The SMILES string of the molecule is CC[C@H]1C(=O)N2C(C(=O)O)=C(SCCNC(=O)Cc3ccccc3)C[C@H]12. The molecular formula is C19H22N2O4S. The number of carbonyl (C=O) groups excluding carboxylic acids is 2. The van der Waals surface area contributed by atoms with Gasteiger partial charge in [0.2, 0.25) is 11.8 Å². The third kappa shape index (κ3) is 3.62.